The molecule has 0 atom stereocenters. The number of aromatic nitrogens is 2. The summed E-state index contributed by atoms with van der Waals surface area (Å²) in [5, 5.41) is 6.61. The van der Waals surface area contributed by atoms with Gasteiger partial charge in [0.25, 0.3) is 5.91 Å². The van der Waals surface area contributed by atoms with Gasteiger partial charge in [0.15, 0.2) is 0 Å². The zero-order chi connectivity index (χ0) is 14.8. The number of rotatable bonds is 3. The minimum Gasteiger partial charge on any atom is -0.343 e. The molecule has 5 heteroatoms. The summed E-state index contributed by atoms with van der Waals surface area (Å²) in [4.78, 5) is 15.0. The van der Waals surface area contributed by atoms with Crippen LogP contribution in [0.15, 0.2) is 53.9 Å². The summed E-state index contributed by atoms with van der Waals surface area (Å²) in [6.07, 6.45) is 0. The molecule has 0 radical (unpaired) electrons. The lowest BCUT2D eigenvalue weighted by Crippen LogP contribution is -2.24. The van der Waals surface area contributed by atoms with Crippen molar-refractivity contribution in [1.82, 2.24) is 14.7 Å². The first-order chi connectivity index (χ1) is 10.2. The summed E-state index contributed by atoms with van der Waals surface area (Å²) < 4.78 is 1.71. The van der Waals surface area contributed by atoms with Crippen LogP contribution in [0.2, 0.25) is 0 Å². The maximum absolute atomic E-state index is 12.4. The fourth-order valence-electron chi connectivity index (χ4n) is 2.07. The zero-order valence-corrected chi connectivity index (χ0v) is 12.7. The number of hydrogen-bond acceptors (Lipinski definition) is 3. The van der Waals surface area contributed by atoms with Crippen molar-refractivity contribution in [2.45, 2.75) is 0 Å². The van der Waals surface area contributed by atoms with Crippen molar-refractivity contribution in [3.63, 3.8) is 0 Å². The van der Waals surface area contributed by atoms with E-state index in [1.807, 2.05) is 53.9 Å². The van der Waals surface area contributed by atoms with Crippen LogP contribution in [0.5, 0.6) is 0 Å². The van der Waals surface area contributed by atoms with Gasteiger partial charge in [0.05, 0.1) is 10.6 Å². The monoisotopic (exact) mass is 297 g/mol. The molecule has 1 aromatic carbocycles. The standard InChI is InChI=1S/C16H15N3OS/c1-18(2)16(20)14-11-13(15-9-6-10-21-15)17-19(14)12-7-4-3-5-8-12/h3-11H,1-2H3. The molecule has 0 saturated carbocycles. The zero-order valence-electron chi connectivity index (χ0n) is 11.9. The number of benzene rings is 1. The van der Waals surface area contributed by atoms with E-state index in [0.717, 1.165) is 16.3 Å². The van der Waals surface area contributed by atoms with Gasteiger partial charge >= 0.3 is 0 Å². The summed E-state index contributed by atoms with van der Waals surface area (Å²) in [6.45, 7) is 0. The van der Waals surface area contributed by atoms with Gasteiger partial charge in [0.1, 0.15) is 11.4 Å². The molecule has 3 rings (SSSR count). The first-order valence-corrected chi connectivity index (χ1v) is 7.46. The largest absolute Gasteiger partial charge is 0.343 e. The van der Waals surface area contributed by atoms with Crippen LogP contribution in [0.3, 0.4) is 0 Å². The SMILES string of the molecule is CN(C)C(=O)c1cc(-c2cccs2)nn1-c1ccccc1. The molecule has 106 valence electrons. The number of carbonyl (C=O) groups is 1. The van der Waals surface area contributed by atoms with Crippen LogP contribution >= 0.6 is 11.3 Å². The van der Waals surface area contributed by atoms with Gasteiger partial charge in [-0.05, 0) is 29.6 Å². The molecular weight excluding hydrogens is 282 g/mol. The van der Waals surface area contributed by atoms with E-state index >= 15 is 0 Å². The number of amides is 1. The summed E-state index contributed by atoms with van der Waals surface area (Å²) in [6, 6.07) is 15.5. The van der Waals surface area contributed by atoms with Gasteiger partial charge < -0.3 is 4.90 Å². The Bertz CT molecular complexity index is 745. The Morgan fingerprint density at radius 3 is 2.52 bits per heavy atom. The van der Waals surface area contributed by atoms with E-state index in [1.165, 1.54) is 0 Å². The number of carbonyl (C=O) groups excluding carboxylic acids is 1. The van der Waals surface area contributed by atoms with Crippen molar-refractivity contribution in [3.05, 3.63) is 59.6 Å². The topological polar surface area (TPSA) is 38.1 Å². The second-order valence-electron chi connectivity index (χ2n) is 4.84. The number of para-hydroxylation sites is 1. The lowest BCUT2D eigenvalue weighted by atomic mass is 10.2. The average Bonchev–Trinajstić information content (AvgIpc) is 3.16. The maximum Gasteiger partial charge on any atom is 0.272 e. The first-order valence-electron chi connectivity index (χ1n) is 6.58. The molecule has 0 aliphatic rings. The predicted molar refractivity (Wildman–Crippen MR) is 84.9 cm³/mol. The molecule has 0 spiro atoms. The Morgan fingerprint density at radius 1 is 1.14 bits per heavy atom. The van der Waals surface area contributed by atoms with Gasteiger partial charge in [-0.3, -0.25) is 4.79 Å². The second kappa shape index (κ2) is 5.54. The van der Waals surface area contributed by atoms with Gasteiger partial charge in [-0.25, -0.2) is 4.68 Å². The highest BCUT2D eigenvalue weighted by Gasteiger charge is 2.19. The van der Waals surface area contributed by atoms with Gasteiger partial charge in [0, 0.05) is 14.1 Å². The van der Waals surface area contributed by atoms with Crippen LogP contribution in [0, 0.1) is 0 Å². The van der Waals surface area contributed by atoms with Crippen molar-refractivity contribution >= 4 is 17.2 Å². The molecule has 0 N–H and O–H groups in total. The van der Waals surface area contributed by atoms with E-state index in [4.69, 9.17) is 0 Å². The summed E-state index contributed by atoms with van der Waals surface area (Å²) >= 11 is 1.61. The Morgan fingerprint density at radius 2 is 1.90 bits per heavy atom. The molecule has 0 unspecified atom stereocenters. The molecule has 0 saturated heterocycles. The average molecular weight is 297 g/mol. The number of thiophene rings is 1. The highest BCUT2D eigenvalue weighted by molar-refractivity contribution is 7.13. The fraction of sp³-hybridized carbons (Fsp3) is 0.125. The normalized spacial score (nSPS) is 10.6. The van der Waals surface area contributed by atoms with Crippen LogP contribution in [0.4, 0.5) is 0 Å². The van der Waals surface area contributed by atoms with Crippen molar-refractivity contribution in [1.29, 1.82) is 0 Å². The lowest BCUT2D eigenvalue weighted by molar-refractivity contribution is 0.0819. The highest BCUT2D eigenvalue weighted by atomic mass is 32.1. The smallest absolute Gasteiger partial charge is 0.272 e. The molecule has 3 aromatic rings. The van der Waals surface area contributed by atoms with E-state index in [2.05, 4.69) is 5.10 Å². The molecule has 0 aliphatic heterocycles. The van der Waals surface area contributed by atoms with Gasteiger partial charge in [-0.1, -0.05) is 24.3 Å². The summed E-state index contributed by atoms with van der Waals surface area (Å²) in [5.41, 5.74) is 2.26. The molecule has 1 amide bonds. The Hall–Kier alpha value is -2.40. The Balaban J connectivity index is 2.15. The quantitative estimate of drug-likeness (QED) is 0.744. The molecule has 4 nitrogen and oxygen atoms in total. The van der Waals surface area contributed by atoms with Gasteiger partial charge in [-0.2, -0.15) is 5.10 Å². The highest BCUT2D eigenvalue weighted by Crippen LogP contribution is 2.26. The van der Waals surface area contributed by atoms with Crippen LogP contribution < -0.4 is 0 Å². The second-order valence-corrected chi connectivity index (χ2v) is 5.79. The predicted octanol–water partition coefficient (Wildman–Crippen LogP) is 3.30. The minimum atomic E-state index is -0.0610. The molecule has 2 aromatic heterocycles. The Kier molecular flexibility index (Phi) is 3.58. The van der Waals surface area contributed by atoms with E-state index in [1.54, 1.807) is 35.0 Å². The Labute approximate surface area is 127 Å². The fourth-order valence-corrected chi connectivity index (χ4v) is 2.75. The van der Waals surface area contributed by atoms with Gasteiger partial charge in [-0.15, -0.1) is 11.3 Å². The molecular formula is C16H15N3OS. The third kappa shape index (κ3) is 2.60. The van der Waals surface area contributed by atoms with Crippen LogP contribution in [-0.2, 0) is 0 Å². The van der Waals surface area contributed by atoms with Crippen molar-refractivity contribution < 1.29 is 4.79 Å². The van der Waals surface area contributed by atoms with E-state index in [9.17, 15) is 4.79 Å². The lowest BCUT2D eigenvalue weighted by Gasteiger charge is -2.11. The van der Waals surface area contributed by atoms with E-state index in [0.29, 0.717) is 5.69 Å². The van der Waals surface area contributed by atoms with Crippen molar-refractivity contribution in [2.75, 3.05) is 14.1 Å². The maximum atomic E-state index is 12.4. The number of hydrogen-bond donors (Lipinski definition) is 0. The molecule has 0 bridgehead atoms. The number of nitrogens with zero attached hydrogens (tertiary/aromatic N) is 3. The van der Waals surface area contributed by atoms with Crippen LogP contribution in [0.25, 0.3) is 16.3 Å². The van der Waals surface area contributed by atoms with Crippen molar-refractivity contribution in [3.8, 4) is 16.3 Å². The molecule has 0 fully saturated rings. The third-order valence-corrected chi connectivity index (χ3v) is 4.00. The summed E-state index contributed by atoms with van der Waals surface area (Å²) in [5.74, 6) is -0.0610. The van der Waals surface area contributed by atoms with Gasteiger partial charge in [0.2, 0.25) is 0 Å². The van der Waals surface area contributed by atoms with Crippen molar-refractivity contribution in [2.24, 2.45) is 0 Å². The van der Waals surface area contributed by atoms with Crippen LogP contribution in [0.1, 0.15) is 10.5 Å². The minimum absolute atomic E-state index is 0.0610. The summed E-state index contributed by atoms with van der Waals surface area (Å²) in [7, 11) is 3.49. The first kappa shape index (κ1) is 13.6. The molecule has 0 aliphatic carbocycles. The molecule has 21 heavy (non-hydrogen) atoms. The third-order valence-electron chi connectivity index (χ3n) is 3.11. The van der Waals surface area contributed by atoms with E-state index < -0.39 is 0 Å². The van der Waals surface area contributed by atoms with E-state index in [-0.39, 0.29) is 5.91 Å². The molecule has 2 heterocycles. The van der Waals surface area contributed by atoms with Crippen LogP contribution in [-0.4, -0.2) is 34.7 Å².